The summed E-state index contributed by atoms with van der Waals surface area (Å²) < 4.78 is 33.5. The van der Waals surface area contributed by atoms with Crippen LogP contribution in [-0.2, 0) is 19.6 Å². The summed E-state index contributed by atoms with van der Waals surface area (Å²) in [5.74, 6) is -1.09. The van der Waals surface area contributed by atoms with E-state index in [0.29, 0.717) is 25.9 Å². The Labute approximate surface area is 165 Å². The van der Waals surface area contributed by atoms with E-state index in [9.17, 15) is 18.0 Å². The minimum absolute atomic E-state index is 0.00850. The molecule has 3 N–H and O–H groups in total. The Kier molecular flexibility index (Phi) is 6.89. The van der Waals surface area contributed by atoms with Crippen molar-refractivity contribution in [2.24, 2.45) is 0 Å². The van der Waals surface area contributed by atoms with E-state index < -0.39 is 27.7 Å². The number of anilines is 1. The fourth-order valence-corrected chi connectivity index (χ4v) is 4.30. The number of rotatable bonds is 6. The highest BCUT2D eigenvalue weighted by Crippen LogP contribution is 2.23. The number of carboxylic acid groups (broad SMARTS) is 1. The molecule has 1 aromatic carbocycles. The van der Waals surface area contributed by atoms with Crippen LogP contribution >= 0.6 is 0 Å². The highest BCUT2D eigenvalue weighted by molar-refractivity contribution is 7.89. The molecular formula is C18H27N3O6S. The van der Waals surface area contributed by atoms with Gasteiger partial charge in [-0.2, -0.15) is 0 Å². The lowest BCUT2D eigenvalue weighted by Crippen LogP contribution is -2.47. The van der Waals surface area contributed by atoms with Gasteiger partial charge in [0.15, 0.2) is 0 Å². The maximum atomic E-state index is 12.8. The number of ether oxygens (including phenoxy) is 1. The van der Waals surface area contributed by atoms with Crippen molar-refractivity contribution >= 4 is 27.8 Å². The number of hydrogen-bond acceptors (Lipinski definition) is 6. The zero-order valence-electron chi connectivity index (χ0n) is 16.3. The smallest absolute Gasteiger partial charge is 0.410 e. The number of hydrogen-bond donors (Lipinski definition) is 3. The minimum atomic E-state index is -3.85. The highest BCUT2D eigenvalue weighted by Gasteiger charge is 2.30. The number of piperidine rings is 1. The number of nitrogens with zero attached hydrogens (tertiary/aromatic N) is 1. The van der Waals surface area contributed by atoms with Gasteiger partial charge in [-0.05, 0) is 45.7 Å². The first-order valence-corrected chi connectivity index (χ1v) is 10.5. The monoisotopic (exact) mass is 413 g/mol. The lowest BCUT2D eigenvalue weighted by atomic mass is 10.1. The van der Waals surface area contributed by atoms with E-state index in [-0.39, 0.29) is 23.2 Å². The van der Waals surface area contributed by atoms with Crippen molar-refractivity contribution in [3.05, 3.63) is 24.3 Å². The lowest BCUT2D eigenvalue weighted by Gasteiger charge is -2.33. The normalized spacial score (nSPS) is 15.9. The van der Waals surface area contributed by atoms with Gasteiger partial charge in [0.1, 0.15) is 17.0 Å². The van der Waals surface area contributed by atoms with Gasteiger partial charge in [0, 0.05) is 19.1 Å². The SMILES string of the molecule is CC(C)(C)OC(=O)N1CCC(NS(=O)(=O)c2ccccc2NCC(=O)O)CC1. The molecule has 1 amide bonds. The van der Waals surface area contributed by atoms with Crippen molar-refractivity contribution in [3.63, 3.8) is 0 Å². The summed E-state index contributed by atoms with van der Waals surface area (Å²) in [4.78, 5) is 24.4. The van der Waals surface area contributed by atoms with Crippen molar-refractivity contribution < 1.29 is 27.9 Å². The van der Waals surface area contributed by atoms with Gasteiger partial charge in [0.05, 0.1) is 5.69 Å². The molecule has 9 nitrogen and oxygen atoms in total. The molecule has 0 unspecified atom stereocenters. The summed E-state index contributed by atoms with van der Waals surface area (Å²) in [5, 5.41) is 11.4. The fraction of sp³-hybridized carbons (Fsp3) is 0.556. The van der Waals surface area contributed by atoms with Crippen molar-refractivity contribution in [2.75, 3.05) is 25.0 Å². The van der Waals surface area contributed by atoms with Crippen LogP contribution in [0.4, 0.5) is 10.5 Å². The van der Waals surface area contributed by atoms with Crippen molar-refractivity contribution in [1.29, 1.82) is 0 Å². The van der Waals surface area contributed by atoms with Crippen LogP contribution in [0, 0.1) is 0 Å². The third-order valence-corrected chi connectivity index (χ3v) is 5.65. The number of likely N-dealkylation sites (tertiary alicyclic amines) is 1. The van der Waals surface area contributed by atoms with Gasteiger partial charge in [0.25, 0.3) is 0 Å². The fourth-order valence-electron chi connectivity index (χ4n) is 2.81. The van der Waals surface area contributed by atoms with E-state index in [1.54, 1.807) is 37.8 Å². The first-order chi connectivity index (χ1) is 13.0. The molecule has 1 saturated heterocycles. The molecule has 2 rings (SSSR count). The maximum Gasteiger partial charge on any atom is 0.410 e. The molecule has 1 aromatic rings. The standard InChI is InChI=1S/C18H27N3O6S/c1-18(2,3)27-17(24)21-10-8-13(9-11-21)20-28(25,26)15-7-5-4-6-14(15)19-12-16(22)23/h4-7,13,19-20H,8-12H2,1-3H3,(H,22,23). The molecule has 0 spiro atoms. The first-order valence-electron chi connectivity index (χ1n) is 9.03. The Morgan fingerprint density at radius 2 is 1.82 bits per heavy atom. The van der Waals surface area contributed by atoms with Crippen LogP contribution in [0.2, 0.25) is 0 Å². The minimum Gasteiger partial charge on any atom is -0.480 e. The number of amides is 1. The summed E-state index contributed by atoms with van der Waals surface area (Å²) >= 11 is 0. The van der Waals surface area contributed by atoms with Crippen LogP contribution in [0.25, 0.3) is 0 Å². The zero-order valence-corrected chi connectivity index (χ0v) is 17.1. The molecule has 0 bridgehead atoms. The van der Waals surface area contributed by atoms with Crippen LogP contribution in [0.5, 0.6) is 0 Å². The second-order valence-corrected chi connectivity index (χ2v) is 9.29. The molecule has 1 fully saturated rings. The predicted octanol–water partition coefficient (Wildman–Crippen LogP) is 1.86. The largest absolute Gasteiger partial charge is 0.480 e. The van der Waals surface area contributed by atoms with Gasteiger partial charge in [-0.3, -0.25) is 4.79 Å². The van der Waals surface area contributed by atoms with E-state index >= 15 is 0 Å². The van der Waals surface area contributed by atoms with Crippen LogP contribution in [0.1, 0.15) is 33.6 Å². The summed E-state index contributed by atoms with van der Waals surface area (Å²) in [6.07, 6.45) is 0.517. The van der Waals surface area contributed by atoms with Crippen molar-refractivity contribution in [1.82, 2.24) is 9.62 Å². The van der Waals surface area contributed by atoms with Crippen LogP contribution < -0.4 is 10.0 Å². The molecular weight excluding hydrogens is 386 g/mol. The molecule has 1 heterocycles. The Hall–Kier alpha value is -2.33. The van der Waals surface area contributed by atoms with Crippen molar-refractivity contribution in [3.8, 4) is 0 Å². The Morgan fingerprint density at radius 3 is 2.39 bits per heavy atom. The van der Waals surface area contributed by atoms with Crippen LogP contribution in [0.3, 0.4) is 0 Å². The number of para-hydroxylation sites is 1. The highest BCUT2D eigenvalue weighted by atomic mass is 32.2. The van der Waals surface area contributed by atoms with Crippen LogP contribution in [0.15, 0.2) is 29.2 Å². The summed E-state index contributed by atoms with van der Waals surface area (Å²) in [5.41, 5.74) is -0.356. The molecule has 156 valence electrons. The Balaban J connectivity index is 1.99. The summed E-state index contributed by atoms with van der Waals surface area (Å²) in [7, 11) is -3.85. The second-order valence-electron chi connectivity index (χ2n) is 7.61. The molecule has 28 heavy (non-hydrogen) atoms. The summed E-state index contributed by atoms with van der Waals surface area (Å²) in [6.45, 7) is 5.77. The number of sulfonamides is 1. The molecule has 10 heteroatoms. The molecule has 0 radical (unpaired) electrons. The third kappa shape index (κ3) is 6.38. The average Bonchev–Trinajstić information content (AvgIpc) is 2.59. The molecule has 0 aliphatic carbocycles. The first kappa shape index (κ1) is 22.0. The summed E-state index contributed by atoms with van der Waals surface area (Å²) in [6, 6.07) is 5.82. The van der Waals surface area contributed by atoms with E-state index in [0.717, 1.165) is 0 Å². The van der Waals surface area contributed by atoms with Crippen LogP contribution in [-0.4, -0.2) is 61.8 Å². The average molecular weight is 413 g/mol. The number of benzene rings is 1. The number of aliphatic carboxylic acids is 1. The molecule has 0 saturated carbocycles. The van der Waals surface area contributed by atoms with E-state index in [1.165, 1.54) is 12.1 Å². The zero-order chi connectivity index (χ0) is 20.9. The molecule has 1 aliphatic heterocycles. The number of carboxylic acids is 1. The lowest BCUT2D eigenvalue weighted by molar-refractivity contribution is -0.134. The third-order valence-electron chi connectivity index (χ3n) is 4.08. The molecule has 0 aromatic heterocycles. The van der Waals surface area contributed by atoms with E-state index in [2.05, 4.69) is 10.0 Å². The number of carbonyl (C=O) groups is 2. The molecule has 0 atom stereocenters. The van der Waals surface area contributed by atoms with Gasteiger partial charge < -0.3 is 20.1 Å². The second kappa shape index (κ2) is 8.78. The van der Waals surface area contributed by atoms with Gasteiger partial charge in [0.2, 0.25) is 10.0 Å². The number of nitrogens with one attached hydrogen (secondary N) is 2. The van der Waals surface area contributed by atoms with E-state index in [1.807, 2.05) is 0 Å². The quantitative estimate of drug-likeness (QED) is 0.650. The number of carbonyl (C=O) groups excluding carboxylic acids is 1. The topological polar surface area (TPSA) is 125 Å². The van der Waals surface area contributed by atoms with Gasteiger partial charge in [-0.15, -0.1) is 0 Å². The Morgan fingerprint density at radius 1 is 1.21 bits per heavy atom. The van der Waals surface area contributed by atoms with Gasteiger partial charge >= 0.3 is 12.1 Å². The molecule has 1 aliphatic rings. The van der Waals surface area contributed by atoms with Gasteiger partial charge in [-0.25, -0.2) is 17.9 Å². The van der Waals surface area contributed by atoms with E-state index in [4.69, 9.17) is 9.84 Å². The van der Waals surface area contributed by atoms with Crippen molar-refractivity contribution in [2.45, 2.75) is 50.2 Å². The van der Waals surface area contributed by atoms with Gasteiger partial charge in [-0.1, -0.05) is 12.1 Å². The Bertz CT molecular complexity index is 811. The maximum absolute atomic E-state index is 12.8. The predicted molar refractivity (Wildman–Crippen MR) is 104 cm³/mol.